The molecule has 0 saturated heterocycles. The summed E-state index contributed by atoms with van der Waals surface area (Å²) in [5.74, 6) is 0.601. The Balaban J connectivity index is 1.86. The van der Waals surface area contributed by atoms with Crippen LogP contribution in [0.3, 0.4) is 0 Å². The number of fused-ring (bicyclic) bond motifs is 1. The maximum atomic E-state index is 14.1. The van der Waals surface area contributed by atoms with Gasteiger partial charge in [-0.15, -0.1) is 0 Å². The van der Waals surface area contributed by atoms with Crippen LogP contribution >= 0.6 is 11.3 Å². The van der Waals surface area contributed by atoms with Gasteiger partial charge < -0.3 is 14.4 Å². The summed E-state index contributed by atoms with van der Waals surface area (Å²) in [7, 11) is 7.10. The van der Waals surface area contributed by atoms with Crippen molar-refractivity contribution < 1.29 is 18.7 Å². The van der Waals surface area contributed by atoms with Crippen molar-refractivity contribution in [3.63, 3.8) is 0 Å². The molecule has 3 aromatic rings. The fourth-order valence-electron chi connectivity index (χ4n) is 3.08. The van der Waals surface area contributed by atoms with E-state index in [1.165, 1.54) is 23.5 Å². The number of hydrogen-bond donors (Lipinski definition) is 0. The molecule has 1 amide bonds. The first-order valence-corrected chi connectivity index (χ1v) is 10.7. The number of rotatable bonds is 9. The van der Waals surface area contributed by atoms with Gasteiger partial charge in [-0.1, -0.05) is 23.5 Å². The molecule has 0 aliphatic heterocycles. The summed E-state index contributed by atoms with van der Waals surface area (Å²) in [6.45, 7) is 1.30. The predicted molar refractivity (Wildman–Crippen MR) is 124 cm³/mol. The number of amides is 1. The quantitative estimate of drug-likeness (QED) is 0.458. The molecule has 0 N–H and O–H groups in total. The van der Waals surface area contributed by atoms with E-state index < -0.39 is 0 Å². The summed E-state index contributed by atoms with van der Waals surface area (Å²) < 4.78 is 25.4. The Kier molecular flexibility index (Phi) is 7.59. The van der Waals surface area contributed by atoms with E-state index in [2.05, 4.69) is 9.88 Å². The molecule has 1 heterocycles. The Labute approximate surface area is 185 Å². The highest BCUT2D eigenvalue weighted by atomic mass is 32.1. The van der Waals surface area contributed by atoms with E-state index in [0.29, 0.717) is 27.9 Å². The molecule has 0 radical (unpaired) electrons. The molecule has 0 atom stereocenters. The van der Waals surface area contributed by atoms with Gasteiger partial charge in [-0.3, -0.25) is 9.69 Å². The van der Waals surface area contributed by atoms with E-state index >= 15 is 0 Å². The Hall–Kier alpha value is -2.97. The topological polar surface area (TPSA) is 54.9 Å². The van der Waals surface area contributed by atoms with Crippen molar-refractivity contribution in [2.45, 2.75) is 6.42 Å². The minimum atomic E-state index is -0.387. The lowest BCUT2D eigenvalue weighted by molar-refractivity contribution is -0.114. The maximum Gasteiger partial charge on any atom is 0.252 e. The highest BCUT2D eigenvalue weighted by Crippen LogP contribution is 2.31. The molecule has 0 aliphatic rings. The lowest BCUT2D eigenvalue weighted by Gasteiger charge is -2.19. The number of para-hydroxylation sites is 1. The van der Waals surface area contributed by atoms with E-state index in [1.807, 2.05) is 26.2 Å². The maximum absolute atomic E-state index is 14.1. The molecule has 0 bridgehead atoms. The number of aromatic nitrogens is 1. The molecule has 2 aromatic carbocycles. The number of halogens is 1. The Morgan fingerprint density at radius 2 is 1.90 bits per heavy atom. The van der Waals surface area contributed by atoms with Crippen LogP contribution in [0.5, 0.6) is 11.5 Å². The average molecular weight is 444 g/mol. The molecule has 6 nitrogen and oxygen atoms in total. The van der Waals surface area contributed by atoms with E-state index in [9.17, 15) is 9.18 Å². The van der Waals surface area contributed by atoms with Gasteiger partial charge in [0, 0.05) is 12.6 Å². The lowest BCUT2D eigenvalue weighted by atomic mass is 10.2. The second kappa shape index (κ2) is 10.4. The van der Waals surface area contributed by atoms with Crippen LogP contribution in [-0.4, -0.2) is 57.2 Å². The van der Waals surface area contributed by atoms with Crippen molar-refractivity contribution in [3.05, 3.63) is 53.9 Å². The summed E-state index contributed by atoms with van der Waals surface area (Å²) in [5.41, 5.74) is 1.09. The molecule has 31 heavy (non-hydrogen) atoms. The zero-order valence-electron chi connectivity index (χ0n) is 18.1. The number of carbonyl (C=O) groups is 1. The van der Waals surface area contributed by atoms with Gasteiger partial charge >= 0.3 is 0 Å². The monoisotopic (exact) mass is 443 g/mol. The van der Waals surface area contributed by atoms with Crippen molar-refractivity contribution in [3.8, 4) is 11.5 Å². The standard InChI is InChI=1S/C23H26FN3O3S/c1-26(2)13-6-14-27(23-25-22-17(24)7-5-8-20(22)31-23)21(28)12-10-16-9-11-18(29-3)19(15-16)30-4/h5,7-12,15H,6,13-14H2,1-4H3. The van der Waals surface area contributed by atoms with Crippen LogP contribution in [0.15, 0.2) is 42.5 Å². The van der Waals surface area contributed by atoms with Crippen LogP contribution in [0.2, 0.25) is 0 Å². The van der Waals surface area contributed by atoms with E-state index in [4.69, 9.17) is 9.47 Å². The second-order valence-corrected chi connectivity index (χ2v) is 8.19. The lowest BCUT2D eigenvalue weighted by Crippen LogP contribution is -2.32. The fourth-order valence-corrected chi connectivity index (χ4v) is 4.09. The van der Waals surface area contributed by atoms with Crippen LogP contribution in [0.25, 0.3) is 16.3 Å². The van der Waals surface area contributed by atoms with E-state index in [0.717, 1.165) is 18.5 Å². The summed E-state index contributed by atoms with van der Waals surface area (Å²) in [6.07, 6.45) is 3.98. The van der Waals surface area contributed by atoms with Crippen LogP contribution in [0.4, 0.5) is 9.52 Å². The SMILES string of the molecule is COc1ccc(C=CC(=O)N(CCCN(C)C)c2nc3c(F)cccc3s2)cc1OC. The molecule has 3 rings (SSSR count). The number of thiazole rings is 1. The minimum absolute atomic E-state index is 0.215. The van der Waals surface area contributed by atoms with E-state index in [1.54, 1.807) is 43.4 Å². The molecule has 164 valence electrons. The summed E-state index contributed by atoms with van der Waals surface area (Å²) in [4.78, 5) is 21.1. The summed E-state index contributed by atoms with van der Waals surface area (Å²) >= 11 is 1.31. The first-order valence-electron chi connectivity index (χ1n) is 9.84. The van der Waals surface area contributed by atoms with Crippen molar-refractivity contribution in [2.75, 3.05) is 46.3 Å². The average Bonchev–Trinajstić information content (AvgIpc) is 3.20. The Bertz CT molecular complexity index is 1080. The van der Waals surface area contributed by atoms with Crippen LogP contribution in [0.1, 0.15) is 12.0 Å². The van der Waals surface area contributed by atoms with Crippen LogP contribution in [0, 0.1) is 5.82 Å². The smallest absolute Gasteiger partial charge is 0.252 e. The highest BCUT2D eigenvalue weighted by Gasteiger charge is 2.19. The first kappa shape index (κ1) is 22.7. The van der Waals surface area contributed by atoms with Gasteiger partial charge in [-0.2, -0.15) is 0 Å². The van der Waals surface area contributed by atoms with Crippen LogP contribution < -0.4 is 14.4 Å². The number of nitrogens with zero attached hydrogens (tertiary/aromatic N) is 3. The number of hydrogen-bond acceptors (Lipinski definition) is 6. The molecule has 0 fully saturated rings. The highest BCUT2D eigenvalue weighted by molar-refractivity contribution is 7.22. The van der Waals surface area contributed by atoms with Crippen molar-refractivity contribution >= 4 is 38.7 Å². The zero-order valence-corrected chi connectivity index (χ0v) is 18.9. The number of anilines is 1. The molecule has 0 saturated carbocycles. The minimum Gasteiger partial charge on any atom is -0.493 e. The van der Waals surface area contributed by atoms with Gasteiger partial charge in [-0.05, 0) is 63.0 Å². The van der Waals surface area contributed by atoms with E-state index in [-0.39, 0.29) is 17.2 Å². The summed E-state index contributed by atoms with van der Waals surface area (Å²) in [5, 5.41) is 0.487. The molecule has 0 aliphatic carbocycles. The third-order valence-electron chi connectivity index (χ3n) is 4.67. The second-order valence-electron chi connectivity index (χ2n) is 7.18. The third-order valence-corrected chi connectivity index (χ3v) is 5.71. The van der Waals surface area contributed by atoms with Gasteiger partial charge in [0.2, 0.25) is 0 Å². The zero-order chi connectivity index (χ0) is 22.4. The Morgan fingerprint density at radius 3 is 2.58 bits per heavy atom. The fraction of sp³-hybridized carbons (Fsp3) is 0.304. The van der Waals surface area contributed by atoms with Gasteiger partial charge in [0.05, 0.1) is 18.9 Å². The van der Waals surface area contributed by atoms with Gasteiger partial charge in [0.25, 0.3) is 5.91 Å². The molecule has 1 aromatic heterocycles. The first-order chi connectivity index (χ1) is 14.9. The summed E-state index contributed by atoms with van der Waals surface area (Å²) in [6, 6.07) is 10.3. The van der Waals surface area contributed by atoms with Gasteiger partial charge in [0.1, 0.15) is 11.3 Å². The molecule has 8 heteroatoms. The molecule has 0 unspecified atom stereocenters. The third kappa shape index (κ3) is 5.59. The van der Waals surface area contributed by atoms with Gasteiger partial charge in [-0.25, -0.2) is 9.37 Å². The normalized spacial score (nSPS) is 11.4. The number of carbonyl (C=O) groups excluding carboxylic acids is 1. The number of methoxy groups -OCH3 is 2. The Morgan fingerprint density at radius 1 is 1.13 bits per heavy atom. The van der Waals surface area contributed by atoms with Crippen molar-refractivity contribution in [1.82, 2.24) is 9.88 Å². The van der Waals surface area contributed by atoms with Crippen molar-refractivity contribution in [1.29, 1.82) is 0 Å². The number of benzene rings is 2. The molecular formula is C23H26FN3O3S. The van der Waals surface area contributed by atoms with Crippen molar-refractivity contribution in [2.24, 2.45) is 0 Å². The molecule has 0 spiro atoms. The largest absolute Gasteiger partial charge is 0.493 e. The van der Waals surface area contributed by atoms with Crippen LogP contribution in [-0.2, 0) is 4.79 Å². The predicted octanol–water partition coefficient (Wildman–Crippen LogP) is 4.45. The molecular weight excluding hydrogens is 417 g/mol. The number of ether oxygens (including phenoxy) is 2. The van der Waals surface area contributed by atoms with Gasteiger partial charge in [0.15, 0.2) is 16.6 Å².